The van der Waals surface area contributed by atoms with Crippen LogP contribution in [-0.4, -0.2) is 69.1 Å². The summed E-state index contributed by atoms with van der Waals surface area (Å²) in [5.41, 5.74) is 32.9. The van der Waals surface area contributed by atoms with Gasteiger partial charge in [-0.3, -0.25) is 14.7 Å². The standard InChI is InChI=1S/C36H45F3N4O.C27H33ClN2.C22H31N.C11H15I.C11H17N.C10H16N2O.C5H3BrClN.ClH/c1-3-5-7-10-27-13-17-30(18-14-27)43(31-19-15-28(16-20-31)11-8-6-4-2)32-21-22-33(41-25-32)34(24-35(40)36(37,38)39)42-29-12-9-23-44-26-29;1-3-5-7-9-22-11-15-24(16-12-22)30(26-19-20-27(28)29-21-26)25-17-13-23(14-18-25)10-8-6-4-2;1-3-5-7-9-19-11-15-21(16-12-19)23-22-17-13-20(14-18-22)10-8-6-4-2;2*1-2-3-4-5-10-6-8-11(12)9-7-10;1-8-6-9(2)12(11-8)10-4-3-5-13-7-10;6-4-1-2-5(7)8-3-4;/h13-22,24-25,29H,3-12,23,26,40H2,1-2H3;11-21H,3-10H2,1-2H3;11-18,23H,3-10H2,1-2H3;6-9H,2-5H2,1H3;6-9H,2-5,12H2,1H3;6,10H,3-5,7H2,1-2H3;1-3H;1H. The predicted octanol–water partition coefficient (Wildman–Crippen LogP) is 36.8. The summed E-state index contributed by atoms with van der Waals surface area (Å²) in [6.45, 7) is 24.7. The van der Waals surface area contributed by atoms with Gasteiger partial charge in [0, 0.05) is 73.0 Å². The highest BCUT2D eigenvalue weighted by atomic mass is 127. The highest BCUT2D eigenvalue weighted by molar-refractivity contribution is 14.1. The van der Waals surface area contributed by atoms with Gasteiger partial charge in [0.15, 0.2) is 0 Å². The summed E-state index contributed by atoms with van der Waals surface area (Å²) in [6, 6.07) is 83.1. The van der Waals surface area contributed by atoms with Crippen LogP contribution in [0.15, 0.2) is 276 Å². The maximum absolute atomic E-state index is 13.4. The monoisotopic (exact) mass is 2180 g/mol. The van der Waals surface area contributed by atoms with Crippen LogP contribution >= 0.6 is 74.1 Å². The zero-order valence-electron chi connectivity index (χ0n) is 86.9. The molecule has 0 saturated carbocycles. The Balaban J connectivity index is 0.000000244. The van der Waals surface area contributed by atoms with Crippen molar-refractivity contribution in [1.82, 2.24) is 24.7 Å². The molecule has 8 aromatic carbocycles. The normalized spacial score (nSPS) is 13.3. The Kier molecular flexibility index (Phi) is 59.4. The van der Waals surface area contributed by atoms with E-state index in [1.807, 2.05) is 49.5 Å². The summed E-state index contributed by atoms with van der Waals surface area (Å²) in [7, 11) is 0. The molecule has 772 valence electrons. The third kappa shape index (κ3) is 47.3. The van der Waals surface area contributed by atoms with Crippen LogP contribution < -0.4 is 26.6 Å². The van der Waals surface area contributed by atoms with E-state index in [-0.39, 0.29) is 24.2 Å². The van der Waals surface area contributed by atoms with Crippen molar-refractivity contribution < 1.29 is 22.6 Å². The molecule has 143 heavy (non-hydrogen) atoms. The summed E-state index contributed by atoms with van der Waals surface area (Å²) in [4.78, 5) is 21.7. The summed E-state index contributed by atoms with van der Waals surface area (Å²) < 4.78 is 55.5. The molecule has 21 heteroatoms. The number of anilines is 9. The van der Waals surface area contributed by atoms with E-state index in [1.54, 1.807) is 24.5 Å². The highest BCUT2D eigenvalue weighted by Crippen LogP contribution is 2.38. The molecule has 0 bridgehead atoms. The van der Waals surface area contributed by atoms with Gasteiger partial charge in [0.2, 0.25) is 0 Å². The first kappa shape index (κ1) is 121. The summed E-state index contributed by atoms with van der Waals surface area (Å²) in [6.07, 6.45) is 44.9. The molecule has 5 N–H and O–H groups in total. The molecule has 2 atom stereocenters. The van der Waals surface area contributed by atoms with Gasteiger partial charge in [-0.2, -0.15) is 18.3 Å². The number of pyridine rings is 3. The van der Waals surface area contributed by atoms with E-state index in [0.29, 0.717) is 35.3 Å². The van der Waals surface area contributed by atoms with Crippen molar-refractivity contribution in [3.63, 3.8) is 0 Å². The summed E-state index contributed by atoms with van der Waals surface area (Å²) in [5, 5.41) is 9.00. The lowest BCUT2D eigenvalue weighted by molar-refractivity contribution is -0.0925. The van der Waals surface area contributed by atoms with Gasteiger partial charge in [-0.1, -0.05) is 278 Å². The number of nitrogens with two attached hydrogens (primary N) is 2. The van der Waals surface area contributed by atoms with Crippen molar-refractivity contribution in [3.8, 4) is 0 Å². The van der Waals surface area contributed by atoms with Crippen LogP contribution in [0, 0.1) is 17.4 Å². The van der Waals surface area contributed by atoms with E-state index >= 15 is 0 Å². The van der Waals surface area contributed by atoms with Gasteiger partial charge in [-0.15, -0.1) is 12.4 Å². The van der Waals surface area contributed by atoms with E-state index in [1.165, 1.54) is 239 Å². The van der Waals surface area contributed by atoms with E-state index in [0.717, 1.165) is 127 Å². The molecule has 13 nitrogen and oxygen atoms in total. The fraction of sp³-hybridized carbons (Fsp3) is 0.434. The van der Waals surface area contributed by atoms with Gasteiger partial charge in [0.1, 0.15) is 16.0 Å². The van der Waals surface area contributed by atoms with Crippen molar-refractivity contribution in [2.45, 2.75) is 319 Å². The number of hydrogen-bond acceptors (Lipinski definition) is 12. The van der Waals surface area contributed by atoms with E-state index in [9.17, 15) is 13.2 Å². The fourth-order valence-electron chi connectivity index (χ4n) is 16.7. The van der Waals surface area contributed by atoms with E-state index in [2.05, 4.69) is 334 Å². The highest BCUT2D eigenvalue weighted by Gasteiger charge is 2.32. The molecular formula is C122H161BrCl3F3IN11O2. The van der Waals surface area contributed by atoms with Crippen LogP contribution in [0.4, 0.5) is 64.4 Å². The largest absolute Gasteiger partial charge is 0.430 e. The van der Waals surface area contributed by atoms with E-state index < -0.39 is 11.9 Å². The number of aromatic nitrogens is 5. The predicted molar refractivity (Wildman–Crippen MR) is 619 cm³/mol. The maximum atomic E-state index is 13.4. The number of hydrogen-bond donors (Lipinski definition) is 3. The topological polar surface area (TPSA) is 158 Å². The summed E-state index contributed by atoms with van der Waals surface area (Å²) >= 11 is 17.1. The molecule has 12 aromatic rings. The minimum Gasteiger partial charge on any atom is -0.399 e. The molecule has 6 heterocycles. The first-order valence-electron chi connectivity index (χ1n) is 52.7. The van der Waals surface area contributed by atoms with Gasteiger partial charge >= 0.3 is 6.18 Å². The number of unbranched alkanes of at least 4 members (excludes halogenated alkanes) is 16. The van der Waals surface area contributed by atoms with Gasteiger partial charge in [0.25, 0.3) is 0 Å². The zero-order chi connectivity index (χ0) is 102. The number of halogens is 8. The Hall–Kier alpha value is -9.38. The number of rotatable bonds is 44. The lowest BCUT2D eigenvalue weighted by Crippen LogP contribution is -2.24. The van der Waals surface area contributed by atoms with Crippen molar-refractivity contribution in [2.75, 3.05) is 47.3 Å². The third-order valence-corrected chi connectivity index (χ3v) is 26.6. The second-order valence-electron chi connectivity index (χ2n) is 37.1. The second kappa shape index (κ2) is 70.4. The fourth-order valence-corrected chi connectivity index (χ4v) is 17.5. The molecule has 4 aromatic heterocycles. The van der Waals surface area contributed by atoms with E-state index in [4.69, 9.17) is 44.1 Å². The van der Waals surface area contributed by atoms with Crippen LogP contribution in [0.25, 0.3) is 0 Å². The molecular weight excluding hydrogens is 2020 g/mol. The number of nitrogens with zero attached hydrogens (tertiary/aromatic N) is 8. The summed E-state index contributed by atoms with van der Waals surface area (Å²) in [5.74, 6) is 0. The number of nitrogens with one attached hydrogen (secondary N) is 1. The van der Waals surface area contributed by atoms with Gasteiger partial charge in [-0.05, 0) is 371 Å². The molecule has 0 amide bonds. The number of ether oxygens (including phenoxy) is 2. The number of benzene rings is 8. The number of allylic oxidation sites excluding steroid dienone is 2. The number of aliphatic imine (C=N–C) groups is 1. The Morgan fingerprint density at radius 3 is 1.04 bits per heavy atom. The average Bonchev–Trinajstić information content (AvgIpc) is 0.814. The Morgan fingerprint density at radius 2 is 0.755 bits per heavy atom. The first-order chi connectivity index (χ1) is 69.0. The molecule has 2 saturated heterocycles. The van der Waals surface area contributed by atoms with Gasteiger partial charge < -0.3 is 36.1 Å². The lowest BCUT2D eigenvalue weighted by atomic mass is 10.0. The first-order valence-corrected chi connectivity index (χ1v) is 55.3. The second-order valence-corrected chi connectivity index (χ2v) is 40.1. The SMILES string of the molecule is CCCCCc1ccc(I)cc1.CCCCCc1ccc(N(c2ccc(CCCCC)cc2)c2ccc(C(C=C(N)C(F)(F)F)=NC3CCCOC3)nc2)cc1.CCCCCc1ccc(N(c2ccc(CCCCC)cc2)c2ccc(Cl)nc2)cc1.CCCCCc1ccc(N)cc1.CCCCCc1ccc(Nc2ccc(CCCCC)cc2)cc1.Cc1cc(C)n(C2CCCOC2)n1.Cl.Clc1ccc(Br)cn1. The minimum absolute atomic E-state index is 0. The van der Waals surface area contributed by atoms with Crippen LogP contribution in [0.2, 0.25) is 10.3 Å². The molecule has 0 spiro atoms. The van der Waals surface area contributed by atoms with Crippen LogP contribution in [0.5, 0.6) is 0 Å². The van der Waals surface area contributed by atoms with Crippen LogP contribution in [-0.2, 0) is 60.8 Å². The Morgan fingerprint density at radius 1 is 0.434 bits per heavy atom. The lowest BCUT2D eigenvalue weighted by Gasteiger charge is -2.26. The van der Waals surface area contributed by atoms with Crippen molar-refractivity contribution in [3.05, 3.63) is 347 Å². The van der Waals surface area contributed by atoms with Crippen LogP contribution in [0.3, 0.4) is 0 Å². The number of nitrogen functional groups attached to an aromatic ring is 1. The molecule has 0 aliphatic carbocycles. The molecule has 2 aliphatic heterocycles. The van der Waals surface area contributed by atoms with Crippen LogP contribution in [0.1, 0.15) is 303 Å². The van der Waals surface area contributed by atoms with Gasteiger partial charge in [-0.25, -0.2) is 9.97 Å². The zero-order valence-corrected chi connectivity index (χ0v) is 92.9. The number of alkyl halides is 3. The average molecular weight is 2180 g/mol. The Bertz CT molecular complexity index is 5170. The molecule has 2 aliphatic rings. The smallest absolute Gasteiger partial charge is 0.399 e. The minimum atomic E-state index is -4.66. The van der Waals surface area contributed by atoms with Gasteiger partial charge in [0.05, 0.1) is 66.2 Å². The quantitative estimate of drug-likeness (QED) is 0.0110. The molecule has 2 fully saturated rings. The van der Waals surface area contributed by atoms with Crippen molar-refractivity contribution in [2.24, 2.45) is 10.7 Å². The number of aryl methyl sites for hydroxylation is 10. The Labute approximate surface area is 894 Å². The van der Waals surface area contributed by atoms with Crippen molar-refractivity contribution >= 4 is 131 Å². The van der Waals surface area contributed by atoms with Crippen molar-refractivity contribution in [1.29, 1.82) is 0 Å². The third-order valence-electron chi connectivity index (χ3n) is 25.0. The maximum Gasteiger partial charge on any atom is 0.430 e. The molecule has 0 radical (unpaired) electrons. The molecule has 2 unspecified atom stereocenters. The molecule has 14 rings (SSSR count).